The van der Waals surface area contributed by atoms with Gasteiger partial charge in [0, 0.05) is 6.20 Å². The molecule has 60 valence electrons. The minimum absolute atomic E-state index is 0.482. The first-order chi connectivity index (χ1) is 5.36. The second-order valence-electron chi connectivity index (χ2n) is 2.33. The zero-order valence-corrected chi connectivity index (χ0v) is 6.26. The number of pyridine rings is 1. The second kappa shape index (κ2) is 4.03. The molecule has 0 aliphatic carbocycles. The molecule has 2 N–H and O–H groups in total. The normalized spacial score (nSPS) is 10.0. The van der Waals surface area contributed by atoms with E-state index in [0.717, 1.165) is 12.0 Å². The van der Waals surface area contributed by atoms with Crippen molar-refractivity contribution in [3.8, 4) is 0 Å². The van der Waals surface area contributed by atoms with Crippen molar-refractivity contribution in [3.05, 3.63) is 29.6 Å². The molecule has 0 saturated carbocycles. The third-order valence-corrected chi connectivity index (χ3v) is 1.45. The van der Waals surface area contributed by atoms with Gasteiger partial charge in [-0.15, -0.1) is 0 Å². The maximum absolute atomic E-state index is 12.1. The molecule has 0 unspecified atom stereocenters. The molecular weight excluding hydrogens is 143 g/mol. The monoisotopic (exact) mass is 154 g/mol. The molecule has 1 aromatic heterocycles. The summed E-state index contributed by atoms with van der Waals surface area (Å²) >= 11 is 0. The first-order valence-electron chi connectivity index (χ1n) is 3.56. The largest absolute Gasteiger partial charge is 0.330 e. The Labute approximate surface area is 65.3 Å². The lowest BCUT2D eigenvalue weighted by atomic mass is 10.2. The number of nitrogens with zero attached hydrogens (tertiary/aromatic N) is 1. The fraction of sp³-hybridized carbons (Fsp3) is 0.375. The third kappa shape index (κ3) is 2.27. The lowest BCUT2D eigenvalue weighted by Gasteiger charge is -1.98. The van der Waals surface area contributed by atoms with Crippen molar-refractivity contribution < 1.29 is 4.39 Å². The van der Waals surface area contributed by atoms with Crippen LogP contribution in [0.5, 0.6) is 0 Å². The highest BCUT2D eigenvalue weighted by atomic mass is 19.1. The number of nitrogens with two attached hydrogens (primary N) is 1. The number of hydrogen-bond acceptors (Lipinski definition) is 2. The molecule has 11 heavy (non-hydrogen) atoms. The van der Waals surface area contributed by atoms with Crippen molar-refractivity contribution in [2.45, 2.75) is 13.1 Å². The van der Waals surface area contributed by atoms with Gasteiger partial charge >= 0.3 is 0 Å². The quantitative estimate of drug-likeness (QED) is 0.706. The second-order valence-corrected chi connectivity index (χ2v) is 2.33. The van der Waals surface area contributed by atoms with E-state index in [4.69, 9.17) is 5.73 Å². The zero-order valence-electron chi connectivity index (χ0n) is 6.26. The van der Waals surface area contributed by atoms with Crippen LogP contribution in [0, 0.1) is 0 Å². The number of alkyl halides is 1. The minimum Gasteiger partial charge on any atom is -0.330 e. The Morgan fingerprint density at radius 2 is 2.36 bits per heavy atom. The predicted octanol–water partition coefficient (Wildman–Crippen LogP) is 1.05. The van der Waals surface area contributed by atoms with E-state index in [0.29, 0.717) is 12.2 Å². The summed E-state index contributed by atoms with van der Waals surface area (Å²) in [5, 5.41) is 0. The van der Waals surface area contributed by atoms with Gasteiger partial charge in [0.15, 0.2) is 0 Å². The fourth-order valence-corrected chi connectivity index (χ4v) is 0.923. The third-order valence-electron chi connectivity index (χ3n) is 1.45. The first-order valence-corrected chi connectivity index (χ1v) is 3.56. The topological polar surface area (TPSA) is 38.9 Å². The van der Waals surface area contributed by atoms with Crippen LogP contribution in [0.3, 0.4) is 0 Å². The van der Waals surface area contributed by atoms with Crippen LogP contribution in [0.25, 0.3) is 0 Å². The van der Waals surface area contributed by atoms with Crippen molar-refractivity contribution in [1.82, 2.24) is 4.98 Å². The van der Waals surface area contributed by atoms with Crippen LogP contribution in [0.1, 0.15) is 11.3 Å². The summed E-state index contributed by atoms with van der Waals surface area (Å²) in [4.78, 5) is 3.82. The highest BCUT2D eigenvalue weighted by Crippen LogP contribution is 2.02. The van der Waals surface area contributed by atoms with E-state index in [1.165, 1.54) is 0 Å². The van der Waals surface area contributed by atoms with Gasteiger partial charge in [-0.25, -0.2) is 4.39 Å². The Balaban J connectivity index is 2.74. The average Bonchev–Trinajstić information content (AvgIpc) is 2.06. The molecule has 1 rings (SSSR count). The van der Waals surface area contributed by atoms with Crippen LogP contribution in [0.4, 0.5) is 4.39 Å². The molecule has 0 aliphatic heterocycles. The van der Waals surface area contributed by atoms with Crippen molar-refractivity contribution in [2.75, 3.05) is 6.54 Å². The van der Waals surface area contributed by atoms with Crippen LogP contribution in [0.2, 0.25) is 0 Å². The predicted molar refractivity (Wildman–Crippen MR) is 41.8 cm³/mol. The number of aromatic nitrogens is 1. The molecule has 0 bridgehead atoms. The van der Waals surface area contributed by atoms with E-state index in [2.05, 4.69) is 4.98 Å². The Bertz CT molecular complexity index is 225. The molecule has 0 radical (unpaired) electrons. The van der Waals surface area contributed by atoms with E-state index in [1.54, 1.807) is 12.3 Å². The highest BCUT2D eigenvalue weighted by molar-refractivity contribution is 5.16. The van der Waals surface area contributed by atoms with Crippen molar-refractivity contribution in [3.63, 3.8) is 0 Å². The summed E-state index contributed by atoms with van der Waals surface area (Å²) in [5.74, 6) is 0. The molecule has 0 fully saturated rings. The zero-order chi connectivity index (χ0) is 8.10. The van der Waals surface area contributed by atoms with Crippen LogP contribution >= 0.6 is 0 Å². The minimum atomic E-state index is -0.502. The van der Waals surface area contributed by atoms with E-state index >= 15 is 0 Å². The van der Waals surface area contributed by atoms with Crippen molar-refractivity contribution >= 4 is 0 Å². The van der Waals surface area contributed by atoms with Gasteiger partial charge in [-0.1, -0.05) is 0 Å². The fourth-order valence-electron chi connectivity index (χ4n) is 0.923. The van der Waals surface area contributed by atoms with Crippen LogP contribution in [0.15, 0.2) is 18.3 Å². The molecule has 0 amide bonds. The Morgan fingerprint density at radius 1 is 1.55 bits per heavy atom. The highest BCUT2D eigenvalue weighted by Gasteiger charge is 1.94. The van der Waals surface area contributed by atoms with Crippen molar-refractivity contribution in [1.29, 1.82) is 0 Å². The Kier molecular flexibility index (Phi) is 2.98. The van der Waals surface area contributed by atoms with E-state index in [9.17, 15) is 4.39 Å². The Morgan fingerprint density at radius 3 is 3.00 bits per heavy atom. The van der Waals surface area contributed by atoms with Crippen molar-refractivity contribution in [2.24, 2.45) is 5.73 Å². The summed E-state index contributed by atoms with van der Waals surface area (Å²) in [7, 11) is 0. The average molecular weight is 154 g/mol. The van der Waals surface area contributed by atoms with Gasteiger partial charge < -0.3 is 5.73 Å². The van der Waals surface area contributed by atoms with Gasteiger partial charge in [-0.05, 0) is 30.7 Å². The maximum atomic E-state index is 12.1. The molecule has 0 aliphatic rings. The molecule has 1 heterocycles. The molecule has 0 spiro atoms. The summed E-state index contributed by atoms with van der Waals surface area (Å²) in [6.45, 7) is 0.0914. The summed E-state index contributed by atoms with van der Waals surface area (Å²) in [5.41, 5.74) is 6.87. The van der Waals surface area contributed by atoms with E-state index in [1.807, 2.05) is 6.07 Å². The smallest absolute Gasteiger partial charge is 0.131 e. The molecule has 2 nitrogen and oxygen atoms in total. The summed E-state index contributed by atoms with van der Waals surface area (Å²) < 4.78 is 12.1. The van der Waals surface area contributed by atoms with Gasteiger partial charge in [-0.2, -0.15) is 0 Å². The van der Waals surface area contributed by atoms with Crippen LogP contribution in [-0.2, 0) is 13.1 Å². The van der Waals surface area contributed by atoms with Crippen LogP contribution < -0.4 is 5.73 Å². The first kappa shape index (κ1) is 8.14. The molecule has 1 aromatic rings. The summed E-state index contributed by atoms with van der Waals surface area (Å²) in [6.07, 6.45) is 2.40. The van der Waals surface area contributed by atoms with E-state index < -0.39 is 6.67 Å². The SMILES string of the molecule is NCCc1ccnc(CF)c1. The van der Waals surface area contributed by atoms with Gasteiger partial charge in [0.05, 0.1) is 5.69 Å². The molecule has 3 heteroatoms. The van der Waals surface area contributed by atoms with Gasteiger partial charge in [0.1, 0.15) is 6.67 Å². The van der Waals surface area contributed by atoms with E-state index in [-0.39, 0.29) is 0 Å². The standard InChI is InChI=1S/C8H11FN2/c9-6-8-5-7(1-3-10)2-4-11-8/h2,4-5H,1,3,6,10H2. The summed E-state index contributed by atoms with van der Waals surface area (Å²) in [6, 6.07) is 3.60. The number of halogens is 1. The lowest BCUT2D eigenvalue weighted by Crippen LogP contribution is -2.03. The molecule has 0 aromatic carbocycles. The van der Waals surface area contributed by atoms with Gasteiger partial charge in [0.2, 0.25) is 0 Å². The lowest BCUT2D eigenvalue weighted by molar-refractivity contribution is 0.475. The molecular formula is C8H11FN2. The molecule has 0 saturated heterocycles. The molecule has 0 atom stereocenters. The number of rotatable bonds is 3. The maximum Gasteiger partial charge on any atom is 0.131 e. The Hall–Kier alpha value is -0.960. The van der Waals surface area contributed by atoms with Gasteiger partial charge in [0.25, 0.3) is 0 Å². The number of hydrogen-bond donors (Lipinski definition) is 1. The van der Waals surface area contributed by atoms with Gasteiger partial charge in [-0.3, -0.25) is 4.98 Å². The van der Waals surface area contributed by atoms with Crippen LogP contribution in [-0.4, -0.2) is 11.5 Å².